The van der Waals surface area contributed by atoms with E-state index in [0.29, 0.717) is 6.42 Å². The first kappa shape index (κ1) is 11.7. The maximum atomic E-state index is 10.9. The standard InChI is InChI=1S/C12H17NO2/c1-2-3-5-10-12(13(14)15)11-8-6-4-7-9-11/h4,6-9,12H,2-3,5,10H2,1H3. The fourth-order valence-corrected chi connectivity index (χ4v) is 1.66. The molecule has 1 aromatic rings. The molecule has 1 rings (SSSR count). The zero-order valence-electron chi connectivity index (χ0n) is 9.06. The van der Waals surface area contributed by atoms with Crippen LogP contribution in [-0.2, 0) is 0 Å². The molecular weight excluding hydrogens is 190 g/mol. The molecule has 0 N–H and O–H groups in total. The Morgan fingerprint density at radius 1 is 1.27 bits per heavy atom. The van der Waals surface area contributed by atoms with Crippen LogP contribution < -0.4 is 0 Å². The number of nitrogens with zero attached hydrogens (tertiary/aromatic N) is 1. The molecule has 0 aromatic heterocycles. The van der Waals surface area contributed by atoms with Crippen molar-refractivity contribution in [2.75, 3.05) is 0 Å². The normalized spacial score (nSPS) is 12.3. The molecule has 0 aliphatic heterocycles. The molecule has 1 atom stereocenters. The summed E-state index contributed by atoms with van der Waals surface area (Å²) in [7, 11) is 0. The van der Waals surface area contributed by atoms with Crippen LogP contribution in [0.25, 0.3) is 0 Å². The second-order valence-corrected chi connectivity index (χ2v) is 3.71. The molecule has 0 spiro atoms. The van der Waals surface area contributed by atoms with Crippen LogP contribution in [-0.4, -0.2) is 4.92 Å². The van der Waals surface area contributed by atoms with E-state index >= 15 is 0 Å². The third-order valence-corrected chi connectivity index (χ3v) is 2.52. The second kappa shape index (κ2) is 6.17. The zero-order valence-corrected chi connectivity index (χ0v) is 9.06. The first-order valence-electron chi connectivity index (χ1n) is 5.44. The molecule has 82 valence electrons. The minimum absolute atomic E-state index is 0.176. The summed E-state index contributed by atoms with van der Waals surface area (Å²) in [6.07, 6.45) is 3.73. The van der Waals surface area contributed by atoms with E-state index in [2.05, 4.69) is 6.92 Å². The molecule has 0 heterocycles. The minimum atomic E-state index is -0.530. The van der Waals surface area contributed by atoms with Gasteiger partial charge in [-0.1, -0.05) is 50.1 Å². The molecule has 15 heavy (non-hydrogen) atoms. The van der Waals surface area contributed by atoms with Crippen molar-refractivity contribution in [2.24, 2.45) is 0 Å². The number of benzene rings is 1. The maximum absolute atomic E-state index is 10.9. The van der Waals surface area contributed by atoms with Gasteiger partial charge in [0.25, 0.3) is 0 Å². The van der Waals surface area contributed by atoms with Crippen molar-refractivity contribution < 1.29 is 4.92 Å². The SMILES string of the molecule is CCCCCC(c1ccccc1)[N+](=O)[O-]. The van der Waals surface area contributed by atoms with Gasteiger partial charge in [0, 0.05) is 16.9 Å². The highest BCUT2D eigenvalue weighted by atomic mass is 16.6. The van der Waals surface area contributed by atoms with Gasteiger partial charge in [-0.05, 0) is 6.42 Å². The second-order valence-electron chi connectivity index (χ2n) is 3.71. The van der Waals surface area contributed by atoms with Gasteiger partial charge in [-0.2, -0.15) is 0 Å². The summed E-state index contributed by atoms with van der Waals surface area (Å²) in [6, 6.07) is 8.72. The van der Waals surface area contributed by atoms with Crippen LogP contribution in [0.3, 0.4) is 0 Å². The van der Waals surface area contributed by atoms with Gasteiger partial charge < -0.3 is 0 Å². The lowest BCUT2D eigenvalue weighted by Gasteiger charge is -2.08. The van der Waals surface area contributed by atoms with E-state index in [4.69, 9.17) is 0 Å². The van der Waals surface area contributed by atoms with Crippen LogP contribution in [0.1, 0.15) is 44.2 Å². The monoisotopic (exact) mass is 207 g/mol. The first-order valence-corrected chi connectivity index (χ1v) is 5.44. The van der Waals surface area contributed by atoms with Gasteiger partial charge in [-0.15, -0.1) is 0 Å². The van der Waals surface area contributed by atoms with Gasteiger partial charge in [0.15, 0.2) is 0 Å². The highest BCUT2D eigenvalue weighted by Crippen LogP contribution is 2.22. The molecule has 3 heteroatoms. The average molecular weight is 207 g/mol. The number of unbranched alkanes of at least 4 members (excludes halogenated alkanes) is 2. The van der Waals surface area contributed by atoms with Gasteiger partial charge in [0.1, 0.15) is 0 Å². The number of nitro groups is 1. The molecular formula is C12H17NO2. The number of rotatable bonds is 6. The van der Waals surface area contributed by atoms with Crippen molar-refractivity contribution >= 4 is 0 Å². The van der Waals surface area contributed by atoms with E-state index in [1.807, 2.05) is 30.3 Å². The highest BCUT2D eigenvalue weighted by Gasteiger charge is 2.21. The van der Waals surface area contributed by atoms with E-state index in [9.17, 15) is 10.1 Å². The summed E-state index contributed by atoms with van der Waals surface area (Å²) in [5, 5.41) is 10.9. The predicted octanol–water partition coefficient (Wildman–Crippen LogP) is 3.58. The Kier molecular flexibility index (Phi) is 4.81. The van der Waals surface area contributed by atoms with Gasteiger partial charge >= 0.3 is 0 Å². The average Bonchev–Trinajstić information content (AvgIpc) is 2.25. The van der Waals surface area contributed by atoms with Crippen LogP contribution >= 0.6 is 0 Å². The third kappa shape index (κ3) is 3.70. The molecule has 0 aliphatic carbocycles. The van der Waals surface area contributed by atoms with Crippen LogP contribution in [0.2, 0.25) is 0 Å². The van der Waals surface area contributed by atoms with Crippen molar-refractivity contribution in [1.82, 2.24) is 0 Å². The minimum Gasteiger partial charge on any atom is -0.264 e. The lowest BCUT2D eigenvalue weighted by molar-refractivity contribution is -0.530. The van der Waals surface area contributed by atoms with Gasteiger partial charge in [-0.3, -0.25) is 10.1 Å². The molecule has 0 aliphatic rings. The molecule has 0 fully saturated rings. The van der Waals surface area contributed by atoms with Crippen molar-refractivity contribution in [2.45, 2.75) is 38.6 Å². The van der Waals surface area contributed by atoms with Gasteiger partial charge in [-0.25, -0.2) is 0 Å². The van der Waals surface area contributed by atoms with Crippen molar-refractivity contribution in [3.63, 3.8) is 0 Å². The summed E-state index contributed by atoms with van der Waals surface area (Å²) in [5.74, 6) is 0. The molecule has 0 saturated carbocycles. The molecule has 1 unspecified atom stereocenters. The Bertz CT molecular complexity index is 298. The zero-order chi connectivity index (χ0) is 11.1. The summed E-state index contributed by atoms with van der Waals surface area (Å²) in [5.41, 5.74) is 0.818. The Morgan fingerprint density at radius 3 is 2.47 bits per heavy atom. The van der Waals surface area contributed by atoms with Crippen molar-refractivity contribution in [1.29, 1.82) is 0 Å². The lowest BCUT2D eigenvalue weighted by Crippen LogP contribution is -2.10. The number of hydrogen-bond donors (Lipinski definition) is 0. The van der Waals surface area contributed by atoms with E-state index in [1.165, 1.54) is 0 Å². The molecule has 3 nitrogen and oxygen atoms in total. The largest absolute Gasteiger partial charge is 0.264 e. The Hall–Kier alpha value is -1.38. The topological polar surface area (TPSA) is 43.1 Å². The van der Waals surface area contributed by atoms with Crippen molar-refractivity contribution in [3.05, 3.63) is 46.0 Å². The molecule has 0 saturated heterocycles. The van der Waals surface area contributed by atoms with Crippen molar-refractivity contribution in [3.8, 4) is 0 Å². The van der Waals surface area contributed by atoms with Gasteiger partial charge in [0.2, 0.25) is 6.04 Å². The maximum Gasteiger partial charge on any atom is 0.238 e. The molecule has 0 bridgehead atoms. The van der Waals surface area contributed by atoms with Crippen LogP contribution in [0.4, 0.5) is 0 Å². The van der Waals surface area contributed by atoms with E-state index in [0.717, 1.165) is 24.8 Å². The quantitative estimate of drug-likeness (QED) is 0.406. The smallest absolute Gasteiger partial charge is 0.238 e. The van der Waals surface area contributed by atoms with Gasteiger partial charge in [0.05, 0.1) is 0 Å². The predicted molar refractivity (Wildman–Crippen MR) is 60.3 cm³/mol. The summed E-state index contributed by atoms with van der Waals surface area (Å²) >= 11 is 0. The summed E-state index contributed by atoms with van der Waals surface area (Å²) < 4.78 is 0. The molecule has 0 radical (unpaired) electrons. The Labute approximate surface area is 90.3 Å². The molecule has 1 aromatic carbocycles. The number of hydrogen-bond acceptors (Lipinski definition) is 2. The lowest BCUT2D eigenvalue weighted by atomic mass is 10.0. The summed E-state index contributed by atoms with van der Waals surface area (Å²) in [4.78, 5) is 10.7. The van der Waals surface area contributed by atoms with Crippen LogP contribution in [0, 0.1) is 10.1 Å². The van der Waals surface area contributed by atoms with E-state index in [1.54, 1.807) is 0 Å². The fraction of sp³-hybridized carbons (Fsp3) is 0.500. The Balaban J connectivity index is 2.62. The van der Waals surface area contributed by atoms with Crippen LogP contribution in [0.5, 0.6) is 0 Å². The third-order valence-electron chi connectivity index (χ3n) is 2.52. The van der Waals surface area contributed by atoms with E-state index < -0.39 is 6.04 Å². The fourth-order valence-electron chi connectivity index (χ4n) is 1.66. The first-order chi connectivity index (χ1) is 7.25. The molecule has 0 amide bonds. The van der Waals surface area contributed by atoms with E-state index in [-0.39, 0.29) is 4.92 Å². The highest BCUT2D eigenvalue weighted by molar-refractivity contribution is 5.17. The van der Waals surface area contributed by atoms with Crippen LogP contribution in [0.15, 0.2) is 30.3 Å². The Morgan fingerprint density at radius 2 is 1.93 bits per heavy atom. The summed E-state index contributed by atoms with van der Waals surface area (Å²) in [6.45, 7) is 2.10.